The van der Waals surface area contributed by atoms with Crippen LogP contribution in [0, 0.1) is 0 Å². The molecule has 0 unspecified atom stereocenters. The summed E-state index contributed by atoms with van der Waals surface area (Å²) in [5, 5.41) is 5.17. The lowest BCUT2D eigenvalue weighted by Gasteiger charge is -2.15. The maximum Gasteiger partial charge on any atom is 0.0489 e. The summed E-state index contributed by atoms with van der Waals surface area (Å²) in [4.78, 5) is 0. The van der Waals surface area contributed by atoms with Crippen LogP contribution in [0.3, 0.4) is 0 Å². The van der Waals surface area contributed by atoms with Crippen LogP contribution in [0.2, 0.25) is 0 Å². The Balaban J connectivity index is 1.33. The first-order valence-electron chi connectivity index (χ1n) is 13.8. The molecule has 0 aliphatic heterocycles. The molecule has 2 heterocycles. The Hall–Kier alpha value is -5.08. The first-order chi connectivity index (χ1) is 19.7. The first kappa shape index (κ1) is 22.9. The Morgan fingerprint density at radius 2 is 0.675 bits per heavy atom. The second-order valence-corrected chi connectivity index (χ2v) is 10.7. The summed E-state index contributed by atoms with van der Waals surface area (Å²) >= 11 is 0. The van der Waals surface area contributed by atoms with Crippen LogP contribution in [0.25, 0.3) is 77.0 Å². The fraction of sp³-hybridized carbons (Fsp3) is 0.0526. The molecule has 0 fully saturated rings. The van der Waals surface area contributed by atoms with Crippen LogP contribution >= 0.6 is 0 Å². The smallest absolute Gasteiger partial charge is 0.0489 e. The summed E-state index contributed by atoms with van der Waals surface area (Å²) in [5.41, 5.74) is 12.5. The second kappa shape index (κ2) is 8.72. The molecule has 6 aromatic carbocycles. The van der Waals surface area contributed by atoms with Crippen molar-refractivity contribution in [1.29, 1.82) is 0 Å². The molecule has 8 rings (SSSR count). The number of para-hydroxylation sites is 2. The molecule has 0 atom stereocenters. The van der Waals surface area contributed by atoms with Crippen molar-refractivity contribution in [2.75, 3.05) is 0 Å². The standard InChI is InChI=1S/C38H28N2/c1-39-35-17-9-7-15-31(35)33-23-25(19-21-37(33)39)27-11-3-5-13-29(27)30-14-6-4-12-28(30)26-20-22-38-34(24-26)32-16-8-10-18-36(32)40(38)2/h3-24H,1-2H3. The fourth-order valence-corrected chi connectivity index (χ4v) is 6.61. The SMILES string of the molecule is Cn1c2ccccc2c2cc(-c3ccccc3-c3ccccc3-c3ccc4c(c3)c3ccccc3n4C)ccc21. The van der Waals surface area contributed by atoms with E-state index in [4.69, 9.17) is 0 Å². The van der Waals surface area contributed by atoms with Gasteiger partial charge in [0.25, 0.3) is 0 Å². The summed E-state index contributed by atoms with van der Waals surface area (Å²) in [6.07, 6.45) is 0. The zero-order valence-electron chi connectivity index (χ0n) is 22.6. The van der Waals surface area contributed by atoms with Crippen molar-refractivity contribution in [3.8, 4) is 33.4 Å². The third-order valence-corrected chi connectivity index (χ3v) is 8.59. The van der Waals surface area contributed by atoms with E-state index in [1.54, 1.807) is 0 Å². The normalized spacial score (nSPS) is 11.8. The van der Waals surface area contributed by atoms with Gasteiger partial charge in [-0.05, 0) is 69.8 Å². The molecule has 40 heavy (non-hydrogen) atoms. The van der Waals surface area contributed by atoms with E-state index in [1.165, 1.54) is 77.0 Å². The van der Waals surface area contributed by atoms with Gasteiger partial charge in [0.15, 0.2) is 0 Å². The van der Waals surface area contributed by atoms with Crippen molar-refractivity contribution < 1.29 is 0 Å². The summed E-state index contributed by atoms with van der Waals surface area (Å²) in [5.74, 6) is 0. The van der Waals surface area contributed by atoms with Crippen molar-refractivity contribution >= 4 is 43.6 Å². The van der Waals surface area contributed by atoms with E-state index in [0.717, 1.165) is 0 Å². The maximum absolute atomic E-state index is 2.36. The monoisotopic (exact) mass is 512 g/mol. The van der Waals surface area contributed by atoms with E-state index in [-0.39, 0.29) is 0 Å². The Kier molecular flexibility index (Phi) is 4.99. The molecule has 8 aromatic rings. The number of rotatable bonds is 3. The highest BCUT2D eigenvalue weighted by atomic mass is 14.9. The van der Waals surface area contributed by atoms with E-state index in [9.17, 15) is 0 Å². The molecule has 0 saturated carbocycles. The maximum atomic E-state index is 2.36. The lowest BCUT2D eigenvalue weighted by Crippen LogP contribution is -1.90. The highest BCUT2D eigenvalue weighted by molar-refractivity contribution is 6.11. The minimum atomic E-state index is 1.23. The zero-order valence-corrected chi connectivity index (χ0v) is 22.6. The van der Waals surface area contributed by atoms with Gasteiger partial charge in [-0.3, -0.25) is 0 Å². The number of fused-ring (bicyclic) bond motifs is 6. The molecule has 2 aromatic heterocycles. The van der Waals surface area contributed by atoms with Crippen molar-refractivity contribution in [2.24, 2.45) is 14.1 Å². The van der Waals surface area contributed by atoms with Crippen LogP contribution in [0.15, 0.2) is 133 Å². The number of aromatic nitrogens is 2. The molecule has 0 saturated heterocycles. The quantitative estimate of drug-likeness (QED) is 0.223. The topological polar surface area (TPSA) is 9.86 Å². The predicted octanol–water partition coefficient (Wildman–Crippen LogP) is 9.98. The Morgan fingerprint density at radius 3 is 1.12 bits per heavy atom. The molecule has 0 spiro atoms. The summed E-state index contributed by atoms with van der Waals surface area (Å²) < 4.78 is 4.58. The van der Waals surface area contributed by atoms with Crippen LogP contribution in [-0.4, -0.2) is 9.13 Å². The number of aryl methyl sites for hydroxylation is 2. The van der Waals surface area contributed by atoms with E-state index in [2.05, 4.69) is 157 Å². The van der Waals surface area contributed by atoms with E-state index in [1.807, 2.05) is 0 Å². The Bertz CT molecular complexity index is 2080. The summed E-state index contributed by atoms with van der Waals surface area (Å²) in [7, 11) is 4.31. The number of nitrogens with zero attached hydrogens (tertiary/aromatic N) is 2. The fourth-order valence-electron chi connectivity index (χ4n) is 6.61. The Labute approximate surface area is 233 Å². The average molecular weight is 513 g/mol. The molecule has 0 aliphatic rings. The molecule has 0 amide bonds. The van der Waals surface area contributed by atoms with Gasteiger partial charge in [-0.2, -0.15) is 0 Å². The largest absolute Gasteiger partial charge is 0.344 e. The van der Waals surface area contributed by atoms with Crippen LogP contribution in [0.4, 0.5) is 0 Å². The van der Waals surface area contributed by atoms with Gasteiger partial charge in [-0.1, -0.05) is 97.1 Å². The first-order valence-corrected chi connectivity index (χ1v) is 13.8. The predicted molar refractivity (Wildman–Crippen MR) is 171 cm³/mol. The molecule has 2 nitrogen and oxygen atoms in total. The minimum absolute atomic E-state index is 1.23. The van der Waals surface area contributed by atoms with E-state index in [0.29, 0.717) is 0 Å². The molecule has 0 radical (unpaired) electrons. The third-order valence-electron chi connectivity index (χ3n) is 8.59. The lowest BCUT2D eigenvalue weighted by molar-refractivity contribution is 1.01. The van der Waals surface area contributed by atoms with Gasteiger partial charge in [-0.25, -0.2) is 0 Å². The van der Waals surface area contributed by atoms with Crippen molar-refractivity contribution in [3.05, 3.63) is 133 Å². The van der Waals surface area contributed by atoms with Gasteiger partial charge < -0.3 is 9.13 Å². The third kappa shape index (κ3) is 3.29. The minimum Gasteiger partial charge on any atom is -0.344 e. The summed E-state index contributed by atoms with van der Waals surface area (Å²) in [6, 6.07) is 48.8. The van der Waals surface area contributed by atoms with Gasteiger partial charge in [0, 0.05) is 57.7 Å². The molecule has 0 N–H and O–H groups in total. The molecule has 0 aliphatic carbocycles. The van der Waals surface area contributed by atoms with Crippen LogP contribution in [-0.2, 0) is 14.1 Å². The number of benzene rings is 6. The highest BCUT2D eigenvalue weighted by Gasteiger charge is 2.16. The van der Waals surface area contributed by atoms with Crippen LogP contribution in [0.1, 0.15) is 0 Å². The molecule has 2 heteroatoms. The van der Waals surface area contributed by atoms with Gasteiger partial charge >= 0.3 is 0 Å². The molecular weight excluding hydrogens is 484 g/mol. The molecule has 0 bridgehead atoms. The van der Waals surface area contributed by atoms with Crippen molar-refractivity contribution in [2.45, 2.75) is 0 Å². The van der Waals surface area contributed by atoms with Crippen LogP contribution in [0.5, 0.6) is 0 Å². The highest BCUT2D eigenvalue weighted by Crippen LogP contribution is 2.41. The average Bonchev–Trinajstić information content (AvgIpc) is 3.47. The summed E-state index contributed by atoms with van der Waals surface area (Å²) in [6.45, 7) is 0. The van der Waals surface area contributed by atoms with Crippen LogP contribution < -0.4 is 0 Å². The van der Waals surface area contributed by atoms with Gasteiger partial charge in [0.05, 0.1) is 0 Å². The van der Waals surface area contributed by atoms with Gasteiger partial charge in [0.1, 0.15) is 0 Å². The lowest BCUT2D eigenvalue weighted by atomic mass is 9.89. The van der Waals surface area contributed by atoms with Crippen molar-refractivity contribution in [1.82, 2.24) is 9.13 Å². The zero-order chi connectivity index (χ0) is 26.8. The molecular formula is C38H28N2. The number of hydrogen-bond acceptors (Lipinski definition) is 0. The number of hydrogen-bond donors (Lipinski definition) is 0. The van der Waals surface area contributed by atoms with E-state index >= 15 is 0 Å². The van der Waals surface area contributed by atoms with Gasteiger partial charge in [0.2, 0.25) is 0 Å². The second-order valence-electron chi connectivity index (χ2n) is 10.7. The Morgan fingerprint density at radius 1 is 0.325 bits per heavy atom. The van der Waals surface area contributed by atoms with Gasteiger partial charge in [-0.15, -0.1) is 0 Å². The van der Waals surface area contributed by atoms with Crippen molar-refractivity contribution in [3.63, 3.8) is 0 Å². The van der Waals surface area contributed by atoms with E-state index < -0.39 is 0 Å². The molecule has 190 valence electrons.